The molecule has 6 nitrogen and oxygen atoms in total. The minimum Gasteiger partial charge on any atom is -0.369 e. The molecule has 0 bridgehead atoms. The monoisotopic (exact) mass is 298 g/mol. The molecule has 0 unspecified atom stereocenters. The second kappa shape index (κ2) is 5.29. The highest BCUT2D eigenvalue weighted by Crippen LogP contribution is 2.27. The Kier molecular flexibility index (Phi) is 3.44. The molecule has 0 fully saturated rings. The van der Waals surface area contributed by atoms with Gasteiger partial charge in [0.1, 0.15) is 6.54 Å². The molecule has 1 aromatic carbocycles. The maximum Gasteiger partial charge on any atom is 0.258 e. The van der Waals surface area contributed by atoms with Gasteiger partial charge in [-0.2, -0.15) is 0 Å². The van der Waals surface area contributed by atoms with Gasteiger partial charge in [0.05, 0.1) is 0 Å². The number of hydrogen-bond donors (Lipinski definition) is 1. The minimum atomic E-state index is -0.258. The van der Waals surface area contributed by atoms with E-state index >= 15 is 0 Å². The molecule has 2 N–H and O–H groups in total. The predicted molar refractivity (Wildman–Crippen MR) is 84.9 cm³/mol. The summed E-state index contributed by atoms with van der Waals surface area (Å²) >= 11 is 0. The summed E-state index contributed by atoms with van der Waals surface area (Å²) < 4.78 is 1.24. The molecule has 0 aliphatic carbocycles. The van der Waals surface area contributed by atoms with E-state index in [-0.39, 0.29) is 24.0 Å². The topological polar surface area (TPSA) is 81.2 Å². The van der Waals surface area contributed by atoms with Gasteiger partial charge in [0, 0.05) is 23.5 Å². The number of para-hydroxylation sites is 1. The number of rotatable bonds is 2. The van der Waals surface area contributed by atoms with Crippen LogP contribution in [-0.4, -0.2) is 22.0 Å². The van der Waals surface area contributed by atoms with E-state index in [0.29, 0.717) is 17.8 Å². The normalized spacial score (nSPS) is 13.3. The number of carbonyl (C=O) groups is 1. The van der Waals surface area contributed by atoms with E-state index in [1.54, 1.807) is 18.7 Å². The Hall–Kier alpha value is -2.63. The van der Waals surface area contributed by atoms with Gasteiger partial charge in [-0.25, -0.2) is 4.98 Å². The Morgan fingerprint density at radius 2 is 2.05 bits per heavy atom. The first-order chi connectivity index (χ1) is 10.5. The third-order valence-corrected chi connectivity index (χ3v) is 4.15. The van der Waals surface area contributed by atoms with Crippen LogP contribution in [0.1, 0.15) is 16.8 Å². The number of amides is 1. The number of nitrogens with zero attached hydrogens (tertiary/aromatic N) is 3. The summed E-state index contributed by atoms with van der Waals surface area (Å²) in [6, 6.07) is 7.80. The molecule has 0 radical (unpaired) electrons. The highest BCUT2D eigenvalue weighted by atomic mass is 16.2. The lowest BCUT2D eigenvalue weighted by Crippen LogP contribution is -2.37. The van der Waals surface area contributed by atoms with Crippen LogP contribution in [0, 0.1) is 13.8 Å². The van der Waals surface area contributed by atoms with E-state index in [1.165, 1.54) is 4.57 Å². The standard InChI is InChI=1S/C16H18N4O2/c1-10-11(2)18-16(17)20(15(10)22)9-14(21)19-8-7-12-5-3-4-6-13(12)19/h3-6H,7-9H2,1-2H3,(H2,17,18). The largest absolute Gasteiger partial charge is 0.369 e. The highest BCUT2D eigenvalue weighted by Gasteiger charge is 2.25. The van der Waals surface area contributed by atoms with Gasteiger partial charge in [-0.1, -0.05) is 18.2 Å². The number of anilines is 2. The Bertz CT molecular complexity index is 810. The minimum absolute atomic E-state index is 0.0777. The van der Waals surface area contributed by atoms with E-state index < -0.39 is 0 Å². The van der Waals surface area contributed by atoms with Gasteiger partial charge >= 0.3 is 0 Å². The van der Waals surface area contributed by atoms with Crippen molar-refractivity contribution in [3.63, 3.8) is 0 Å². The first kappa shape index (κ1) is 14.3. The molecule has 0 saturated heterocycles. The number of hydrogen-bond acceptors (Lipinski definition) is 4. The van der Waals surface area contributed by atoms with Crippen LogP contribution in [0.5, 0.6) is 0 Å². The van der Waals surface area contributed by atoms with E-state index in [4.69, 9.17) is 5.73 Å². The summed E-state index contributed by atoms with van der Waals surface area (Å²) in [6.07, 6.45) is 0.831. The van der Waals surface area contributed by atoms with Crippen molar-refractivity contribution >= 4 is 17.5 Å². The SMILES string of the molecule is Cc1nc(N)n(CC(=O)N2CCc3ccccc32)c(=O)c1C. The van der Waals surface area contributed by atoms with Crippen LogP contribution < -0.4 is 16.2 Å². The van der Waals surface area contributed by atoms with Crippen molar-refractivity contribution in [1.29, 1.82) is 0 Å². The maximum absolute atomic E-state index is 12.6. The summed E-state index contributed by atoms with van der Waals surface area (Å²) in [5, 5.41) is 0. The van der Waals surface area contributed by atoms with E-state index in [0.717, 1.165) is 17.7 Å². The molecule has 1 aliphatic heterocycles. The number of fused-ring (bicyclic) bond motifs is 1. The Balaban J connectivity index is 1.91. The predicted octanol–water partition coefficient (Wildman–Crippen LogP) is 1.03. The molecule has 6 heteroatoms. The van der Waals surface area contributed by atoms with Crippen molar-refractivity contribution in [3.8, 4) is 0 Å². The average molecular weight is 298 g/mol. The molecule has 3 rings (SSSR count). The quantitative estimate of drug-likeness (QED) is 0.898. The van der Waals surface area contributed by atoms with Gasteiger partial charge in [0.25, 0.3) is 5.56 Å². The van der Waals surface area contributed by atoms with Crippen molar-refractivity contribution in [3.05, 3.63) is 51.4 Å². The van der Waals surface area contributed by atoms with Crippen LogP contribution in [0.25, 0.3) is 0 Å². The van der Waals surface area contributed by atoms with Gasteiger partial charge in [-0.05, 0) is 31.9 Å². The molecular weight excluding hydrogens is 280 g/mol. The zero-order valence-electron chi connectivity index (χ0n) is 12.7. The lowest BCUT2D eigenvalue weighted by atomic mass is 10.2. The van der Waals surface area contributed by atoms with Crippen LogP contribution >= 0.6 is 0 Å². The summed E-state index contributed by atoms with van der Waals surface area (Å²) in [4.78, 5) is 30.7. The summed E-state index contributed by atoms with van der Waals surface area (Å²) in [5.41, 5.74) is 8.73. The average Bonchev–Trinajstić information content (AvgIpc) is 2.93. The number of nitrogens with two attached hydrogens (primary N) is 1. The lowest BCUT2D eigenvalue weighted by Gasteiger charge is -2.19. The van der Waals surface area contributed by atoms with Crippen molar-refractivity contribution in [1.82, 2.24) is 9.55 Å². The van der Waals surface area contributed by atoms with Crippen molar-refractivity contribution < 1.29 is 4.79 Å². The summed E-state index contributed by atoms with van der Waals surface area (Å²) in [7, 11) is 0. The van der Waals surface area contributed by atoms with Crippen molar-refractivity contribution in [2.75, 3.05) is 17.2 Å². The smallest absolute Gasteiger partial charge is 0.258 e. The van der Waals surface area contributed by atoms with Gasteiger partial charge < -0.3 is 10.6 Å². The molecule has 114 valence electrons. The molecule has 1 aliphatic rings. The highest BCUT2D eigenvalue weighted by molar-refractivity contribution is 5.95. The molecular formula is C16H18N4O2. The van der Waals surface area contributed by atoms with Crippen LogP contribution in [0.2, 0.25) is 0 Å². The molecule has 2 aromatic rings. The Morgan fingerprint density at radius 3 is 2.82 bits per heavy atom. The van der Waals surface area contributed by atoms with Gasteiger partial charge in [0.2, 0.25) is 11.9 Å². The third-order valence-electron chi connectivity index (χ3n) is 4.15. The second-order valence-electron chi connectivity index (χ2n) is 5.50. The lowest BCUT2D eigenvalue weighted by molar-refractivity contribution is -0.119. The fraction of sp³-hybridized carbons (Fsp3) is 0.312. The van der Waals surface area contributed by atoms with Crippen molar-refractivity contribution in [2.45, 2.75) is 26.8 Å². The molecule has 0 atom stereocenters. The molecule has 1 amide bonds. The number of carbonyl (C=O) groups excluding carboxylic acids is 1. The van der Waals surface area contributed by atoms with Crippen LogP contribution in [-0.2, 0) is 17.8 Å². The van der Waals surface area contributed by atoms with E-state index in [1.807, 2.05) is 24.3 Å². The Labute approximate surface area is 128 Å². The zero-order chi connectivity index (χ0) is 15.9. The zero-order valence-corrected chi connectivity index (χ0v) is 12.7. The fourth-order valence-electron chi connectivity index (χ4n) is 2.75. The molecule has 0 spiro atoms. The molecule has 2 heterocycles. The fourth-order valence-corrected chi connectivity index (χ4v) is 2.75. The van der Waals surface area contributed by atoms with E-state index in [2.05, 4.69) is 4.98 Å². The van der Waals surface area contributed by atoms with Crippen LogP contribution in [0.3, 0.4) is 0 Å². The second-order valence-corrected chi connectivity index (χ2v) is 5.50. The van der Waals surface area contributed by atoms with Crippen molar-refractivity contribution in [2.24, 2.45) is 0 Å². The molecule has 22 heavy (non-hydrogen) atoms. The number of aromatic nitrogens is 2. The number of benzene rings is 1. The third kappa shape index (κ3) is 2.26. The van der Waals surface area contributed by atoms with Crippen LogP contribution in [0.4, 0.5) is 11.6 Å². The summed E-state index contributed by atoms with van der Waals surface area (Å²) in [6.45, 7) is 3.96. The molecule has 0 saturated carbocycles. The van der Waals surface area contributed by atoms with Gasteiger partial charge in [0.15, 0.2) is 0 Å². The van der Waals surface area contributed by atoms with Crippen LogP contribution in [0.15, 0.2) is 29.1 Å². The summed E-state index contributed by atoms with van der Waals surface area (Å²) in [5.74, 6) is -0.0715. The first-order valence-electron chi connectivity index (χ1n) is 7.21. The Morgan fingerprint density at radius 1 is 1.32 bits per heavy atom. The maximum atomic E-state index is 12.6. The van der Waals surface area contributed by atoms with Gasteiger partial charge in [-0.3, -0.25) is 14.2 Å². The van der Waals surface area contributed by atoms with Gasteiger partial charge in [-0.15, -0.1) is 0 Å². The number of aryl methyl sites for hydroxylation is 1. The molecule has 1 aromatic heterocycles. The van der Waals surface area contributed by atoms with E-state index in [9.17, 15) is 9.59 Å². The first-order valence-corrected chi connectivity index (χ1v) is 7.21. The number of nitrogen functional groups attached to an aromatic ring is 1.